The number of sulfonamides is 1. The van der Waals surface area contributed by atoms with Gasteiger partial charge in [0.2, 0.25) is 5.91 Å². The van der Waals surface area contributed by atoms with Crippen LogP contribution in [0.1, 0.15) is 214 Å². The maximum absolute atomic E-state index is 12.6. The predicted molar refractivity (Wildman–Crippen MR) is 309 cm³/mol. The zero-order valence-electron chi connectivity index (χ0n) is 45.1. The average Bonchev–Trinajstić information content (AvgIpc) is 3.37. The third-order valence-corrected chi connectivity index (χ3v) is 12.7. The number of anilines is 2. The second-order valence-corrected chi connectivity index (χ2v) is 19.4. The summed E-state index contributed by atoms with van der Waals surface area (Å²) in [5.74, 6) is -4.92. The van der Waals surface area contributed by atoms with Crippen molar-refractivity contribution < 1.29 is 68.9 Å². The van der Waals surface area contributed by atoms with Crippen molar-refractivity contribution in [1.82, 2.24) is 0 Å². The first-order chi connectivity index (χ1) is 33.4. The Morgan fingerprint density at radius 3 is 1.42 bits per heavy atom. The van der Waals surface area contributed by atoms with Crippen LogP contribution in [0.4, 0.5) is 33.7 Å². The van der Waals surface area contributed by atoms with E-state index in [0.717, 1.165) is 36.8 Å². The molecule has 2 aromatic carbocycles. The molecule has 12 nitrogen and oxygen atoms in total. The molecule has 3 atom stereocenters. The van der Waals surface area contributed by atoms with Gasteiger partial charge in [-0.15, -0.1) is 0 Å². The van der Waals surface area contributed by atoms with Crippen molar-refractivity contribution in [3.05, 3.63) is 53.6 Å². The van der Waals surface area contributed by atoms with Crippen molar-refractivity contribution >= 4 is 52.0 Å². The van der Waals surface area contributed by atoms with Crippen molar-refractivity contribution in [3.63, 3.8) is 0 Å². The molecule has 0 aromatic heterocycles. The second-order valence-electron chi connectivity index (χ2n) is 17.7. The van der Waals surface area contributed by atoms with E-state index in [1.807, 2.05) is 94.2 Å². The van der Waals surface area contributed by atoms with E-state index in [2.05, 4.69) is 21.7 Å². The predicted octanol–water partition coefficient (Wildman–Crippen LogP) is 17.6. The molecule has 0 heterocycles. The second kappa shape index (κ2) is 53.8. The minimum absolute atomic E-state index is 0. The summed E-state index contributed by atoms with van der Waals surface area (Å²) < 4.78 is 94.2. The van der Waals surface area contributed by atoms with Gasteiger partial charge in [0.15, 0.2) is 13.3 Å². The lowest BCUT2D eigenvalue weighted by atomic mass is 9.91. The van der Waals surface area contributed by atoms with Crippen LogP contribution in [0.25, 0.3) is 0 Å². The lowest BCUT2D eigenvalue weighted by molar-refractivity contribution is -0.161. The third kappa shape index (κ3) is 43.5. The van der Waals surface area contributed by atoms with Crippen molar-refractivity contribution in [2.75, 3.05) is 36.5 Å². The number of nitrogens with one attached hydrogen (secondary N) is 2. The number of benzene rings is 2. The Kier molecular flexibility index (Phi) is 64.3. The number of unbranched alkanes of at least 4 members (excludes halogenated alkanes) is 9. The van der Waals surface area contributed by atoms with Gasteiger partial charge in [-0.1, -0.05) is 169 Å². The molecule has 0 saturated carbocycles. The number of alkyl halides is 3. The number of carbonyl (C=O) groups excluding carboxylic acids is 5. The largest absolute Gasteiger partial charge is 0.466 e. The summed E-state index contributed by atoms with van der Waals surface area (Å²) in [6, 6.07) is 11.8. The highest BCUT2D eigenvalue weighted by atomic mass is 32.2. The van der Waals surface area contributed by atoms with Crippen LogP contribution >= 0.6 is 0 Å². The number of para-hydroxylation sites is 1. The number of ether oxygens (including phenoxy) is 3. The number of hydrogen-bond donors (Lipinski definition) is 2. The van der Waals surface area contributed by atoms with Crippen LogP contribution in [0.2, 0.25) is 0 Å². The zero-order chi connectivity index (χ0) is 55.6. The number of hydrogen-bond acceptors (Lipinski definition) is 10. The molecule has 1 amide bonds. The summed E-state index contributed by atoms with van der Waals surface area (Å²) in [4.78, 5) is 53.4. The van der Waals surface area contributed by atoms with Gasteiger partial charge in [-0.2, -0.15) is 8.78 Å². The standard InChI is InChI=1S/C19H24N2O3S.C18H36O2.C8H13F3O2.C7H14O2.CH2O.5CH4.F2/c1-5-13(2)19(22)20-16-9-11-17(12-10-16)25(23,24)21-18-14(3)7-6-8-15(18)4;1-5-7-8-9-10-11-12-13-14-15-16-20-17(19)18(3,4)6-2;1-3-6(2)7(12)13-5-8(10,11)4-9;1-4-6(3)7(8)9-5-2;1-2;;;;;;1-2/h6-13,21H,5H2,1-4H3,(H,20,22);5-16H2,1-4H3;6H,3-5H2,1-2H3;6H,4-5H2,1-3H3;1H2;5*1H4;. The average molecular weight is 1120 g/mol. The topological polar surface area (TPSA) is 171 Å². The fraction of sp³-hybridized carbons (Fsp3) is 0.707. The van der Waals surface area contributed by atoms with E-state index in [-0.39, 0.29) is 77.1 Å². The minimum atomic E-state index is -3.69. The van der Waals surface area contributed by atoms with Crippen LogP contribution in [-0.4, -0.2) is 71.4 Å². The molecule has 18 heteroatoms. The Morgan fingerprint density at radius 2 is 1.04 bits per heavy atom. The van der Waals surface area contributed by atoms with Gasteiger partial charge in [-0.3, -0.25) is 23.9 Å². The lowest BCUT2D eigenvalue weighted by Crippen LogP contribution is -2.29. The van der Waals surface area contributed by atoms with Gasteiger partial charge >= 0.3 is 23.8 Å². The monoisotopic (exact) mass is 1120 g/mol. The molecule has 2 N–H and O–H groups in total. The third-order valence-electron chi connectivity index (χ3n) is 11.3. The number of amides is 1. The van der Waals surface area contributed by atoms with Gasteiger partial charge in [0.05, 0.1) is 41.0 Å². The summed E-state index contributed by atoms with van der Waals surface area (Å²) in [7, 11) is -3.69. The molecule has 0 aliphatic heterocycles. The molecule has 0 bridgehead atoms. The maximum atomic E-state index is 12.6. The molecule has 0 saturated heterocycles. The van der Waals surface area contributed by atoms with Crippen molar-refractivity contribution in [3.8, 4) is 0 Å². The quantitative estimate of drug-likeness (QED) is 0.0380. The molecule has 0 fully saturated rings. The summed E-state index contributed by atoms with van der Waals surface area (Å²) >= 11 is 0. The maximum Gasteiger partial charge on any atom is 0.311 e. The molecule has 0 spiro atoms. The van der Waals surface area contributed by atoms with Gasteiger partial charge in [-0.05, 0) is 102 Å². The van der Waals surface area contributed by atoms with Crippen LogP contribution in [0.15, 0.2) is 47.4 Å². The summed E-state index contributed by atoms with van der Waals surface area (Å²) in [6.45, 7) is 24.8. The SMILES string of the molecule is C.C.C.C.C.C=O.CCC(C)C(=O)Nc1ccc(S(=O)(=O)Nc2c(C)cccc2C)cc1.CCC(C)C(=O)OCC(F)(F)CF.CCCCCCCCCCCCOC(=O)C(C)(C)CC.CCOC(=O)C(C)CC.FF. The number of aryl methyl sites for hydroxylation is 2. The van der Waals surface area contributed by atoms with E-state index in [1.165, 1.54) is 69.9 Å². The molecule has 0 radical (unpaired) electrons. The minimum Gasteiger partial charge on any atom is -0.466 e. The molecule has 76 heavy (non-hydrogen) atoms. The normalized spacial score (nSPS) is 11.2. The van der Waals surface area contributed by atoms with Crippen LogP contribution in [-0.2, 0) is 48.2 Å². The van der Waals surface area contributed by atoms with Gasteiger partial charge in [0, 0.05) is 20.8 Å². The van der Waals surface area contributed by atoms with E-state index in [0.29, 0.717) is 31.0 Å². The molecule has 2 rings (SSSR count). The molecule has 0 aliphatic carbocycles. The fourth-order valence-corrected chi connectivity index (χ4v) is 6.61. The van der Waals surface area contributed by atoms with Gasteiger partial charge in [-0.25, -0.2) is 12.8 Å². The highest BCUT2D eigenvalue weighted by Gasteiger charge is 2.31. The molecule has 452 valence electrons. The van der Waals surface area contributed by atoms with Crippen LogP contribution in [0.5, 0.6) is 0 Å². The first-order valence-corrected chi connectivity index (χ1v) is 26.3. The Morgan fingerprint density at radius 1 is 0.632 bits per heavy atom. The first kappa shape index (κ1) is 90.9. The van der Waals surface area contributed by atoms with Crippen LogP contribution in [0, 0.1) is 37.0 Å². The summed E-state index contributed by atoms with van der Waals surface area (Å²) in [6.07, 6.45) is 16.1. The summed E-state index contributed by atoms with van der Waals surface area (Å²) in [5.41, 5.74) is 2.58. The number of rotatable bonds is 27. The van der Waals surface area contributed by atoms with Gasteiger partial charge < -0.3 is 24.3 Å². The Balaban J connectivity index is -0.000000114. The highest BCUT2D eigenvalue weighted by Crippen LogP contribution is 2.25. The Labute approximate surface area is 460 Å². The Bertz CT molecular complexity index is 1800. The van der Waals surface area contributed by atoms with Gasteiger partial charge in [0.25, 0.3) is 10.0 Å². The highest BCUT2D eigenvalue weighted by molar-refractivity contribution is 7.92. The number of carbonyl (C=O) groups is 5. The van der Waals surface area contributed by atoms with Crippen molar-refractivity contribution in [1.29, 1.82) is 0 Å². The van der Waals surface area contributed by atoms with E-state index in [9.17, 15) is 40.8 Å². The molecule has 3 unspecified atom stereocenters. The molecular formula is C58H109F5N2O10S. The van der Waals surface area contributed by atoms with Crippen molar-refractivity contribution in [2.24, 2.45) is 23.2 Å². The zero-order valence-corrected chi connectivity index (χ0v) is 45.9. The van der Waals surface area contributed by atoms with Gasteiger partial charge in [0.1, 0.15) is 6.79 Å². The van der Waals surface area contributed by atoms with Crippen molar-refractivity contribution in [2.45, 2.75) is 228 Å². The molecular weight excluding hydrogens is 1010 g/mol. The fourth-order valence-electron chi connectivity index (χ4n) is 5.41. The van der Waals surface area contributed by atoms with E-state index in [4.69, 9.17) is 23.4 Å². The smallest absolute Gasteiger partial charge is 0.311 e. The number of esters is 3. The van der Waals surface area contributed by atoms with Crippen LogP contribution in [0.3, 0.4) is 0 Å². The first-order valence-electron chi connectivity index (χ1n) is 24.8. The van der Waals surface area contributed by atoms with E-state index < -0.39 is 41.1 Å². The molecule has 2 aromatic rings. The number of halogens is 5. The van der Waals surface area contributed by atoms with E-state index in [1.54, 1.807) is 26.0 Å². The van der Waals surface area contributed by atoms with E-state index >= 15 is 0 Å². The summed E-state index contributed by atoms with van der Waals surface area (Å²) in [5, 5.41) is 2.79. The lowest BCUT2D eigenvalue weighted by Gasteiger charge is -2.20. The Hall–Kier alpha value is -4.61. The molecule has 0 aliphatic rings. The van der Waals surface area contributed by atoms with Crippen LogP contribution < -0.4 is 10.0 Å².